The largest absolute Gasteiger partial charge is 0.356 e. The van der Waals surface area contributed by atoms with Crippen molar-refractivity contribution in [2.24, 2.45) is 7.05 Å². The highest BCUT2D eigenvalue weighted by atomic mass is 32.1. The molecule has 1 unspecified atom stereocenters. The second-order valence-corrected chi connectivity index (χ2v) is 7.93. The first-order valence-corrected chi connectivity index (χ1v) is 8.73. The summed E-state index contributed by atoms with van der Waals surface area (Å²) >= 11 is 1.77. The fraction of sp³-hybridized carbons (Fsp3) is 0.688. The number of ether oxygens (including phenoxy) is 1. The molecule has 0 saturated carbocycles. The van der Waals surface area contributed by atoms with Crippen molar-refractivity contribution in [3.8, 4) is 0 Å². The smallest absolute Gasteiger partial charge is 0.216 e. The summed E-state index contributed by atoms with van der Waals surface area (Å²) in [4.78, 5) is 2.01. The van der Waals surface area contributed by atoms with Crippen molar-refractivity contribution >= 4 is 21.6 Å². The quantitative estimate of drug-likeness (QED) is 0.883. The first-order valence-electron chi connectivity index (χ1n) is 7.85. The van der Waals surface area contributed by atoms with Crippen LogP contribution in [0.3, 0.4) is 0 Å². The van der Waals surface area contributed by atoms with Gasteiger partial charge in [0, 0.05) is 26.1 Å². The normalized spacial score (nSPS) is 19.9. The van der Waals surface area contributed by atoms with E-state index in [0.29, 0.717) is 5.92 Å². The van der Waals surface area contributed by atoms with Crippen molar-refractivity contribution in [3.05, 3.63) is 17.1 Å². The highest BCUT2D eigenvalue weighted by molar-refractivity contribution is 7.17. The molecule has 0 aromatic carbocycles. The SMILES string of the molecule is Cn1nc(C2CCN(C(O)OC(C)(C)C)CC2)c2sccc21. The van der Waals surface area contributed by atoms with E-state index in [1.54, 1.807) is 11.3 Å². The molecule has 122 valence electrons. The molecule has 3 heterocycles. The molecule has 2 aromatic heterocycles. The van der Waals surface area contributed by atoms with E-state index in [1.807, 2.05) is 37.4 Å². The minimum absolute atomic E-state index is 0.333. The second kappa shape index (κ2) is 5.92. The van der Waals surface area contributed by atoms with Gasteiger partial charge >= 0.3 is 0 Å². The lowest BCUT2D eigenvalue weighted by molar-refractivity contribution is -0.242. The number of rotatable bonds is 3. The number of aliphatic hydroxyl groups excluding tert-OH is 1. The van der Waals surface area contributed by atoms with Gasteiger partial charge in [-0.15, -0.1) is 11.3 Å². The summed E-state index contributed by atoms with van der Waals surface area (Å²) < 4.78 is 8.93. The number of thiophene rings is 1. The van der Waals surface area contributed by atoms with E-state index in [0.717, 1.165) is 25.9 Å². The Kier molecular flexibility index (Phi) is 4.29. The monoisotopic (exact) mass is 323 g/mol. The van der Waals surface area contributed by atoms with Crippen LogP contribution in [0.5, 0.6) is 0 Å². The number of aliphatic hydroxyl groups is 1. The average Bonchev–Trinajstić information content (AvgIpc) is 3.02. The van der Waals surface area contributed by atoms with Gasteiger partial charge in [-0.1, -0.05) is 0 Å². The number of hydrogen-bond acceptors (Lipinski definition) is 5. The Morgan fingerprint density at radius 1 is 1.36 bits per heavy atom. The molecule has 0 amide bonds. The maximum Gasteiger partial charge on any atom is 0.216 e. The van der Waals surface area contributed by atoms with Crippen molar-refractivity contribution in [1.82, 2.24) is 14.7 Å². The Morgan fingerprint density at radius 3 is 2.68 bits per heavy atom. The van der Waals surface area contributed by atoms with Crippen LogP contribution in [0.4, 0.5) is 0 Å². The van der Waals surface area contributed by atoms with Gasteiger partial charge in [0.1, 0.15) is 0 Å². The summed E-state index contributed by atoms with van der Waals surface area (Å²) in [6.07, 6.45) is 1.20. The Balaban J connectivity index is 1.66. The van der Waals surface area contributed by atoms with E-state index < -0.39 is 6.41 Å². The molecule has 1 saturated heterocycles. The minimum atomic E-state index is -0.813. The number of hydrogen-bond donors (Lipinski definition) is 1. The van der Waals surface area contributed by atoms with Crippen LogP contribution >= 0.6 is 11.3 Å². The molecule has 0 radical (unpaired) electrons. The Bertz CT molecular complexity index is 635. The standard InChI is InChI=1S/C16H25N3O2S/c1-16(2,3)21-15(20)19-8-5-11(6-9-19)13-14-12(7-10-22-14)18(4)17-13/h7,10-11,15,20H,5-6,8-9H2,1-4H3. The van der Waals surface area contributed by atoms with Crippen LogP contribution < -0.4 is 0 Å². The van der Waals surface area contributed by atoms with E-state index in [9.17, 15) is 5.11 Å². The maximum absolute atomic E-state index is 10.2. The second-order valence-electron chi connectivity index (χ2n) is 7.01. The molecule has 1 aliphatic rings. The maximum atomic E-state index is 10.2. The van der Waals surface area contributed by atoms with E-state index in [4.69, 9.17) is 9.84 Å². The molecule has 0 spiro atoms. The molecule has 2 aromatic rings. The molecule has 0 bridgehead atoms. The lowest BCUT2D eigenvalue weighted by Crippen LogP contribution is -2.45. The van der Waals surface area contributed by atoms with Crippen LogP contribution in [0.15, 0.2) is 11.4 Å². The zero-order valence-electron chi connectivity index (χ0n) is 13.7. The van der Waals surface area contributed by atoms with E-state index in [-0.39, 0.29) is 5.60 Å². The fourth-order valence-electron chi connectivity index (χ4n) is 3.06. The molecule has 1 atom stereocenters. The van der Waals surface area contributed by atoms with E-state index in [2.05, 4.69) is 11.4 Å². The summed E-state index contributed by atoms with van der Waals surface area (Å²) in [6, 6.07) is 2.13. The third kappa shape index (κ3) is 3.20. The highest BCUT2D eigenvalue weighted by Gasteiger charge is 2.30. The third-order valence-corrected chi connectivity index (χ3v) is 5.10. The van der Waals surface area contributed by atoms with E-state index in [1.165, 1.54) is 15.9 Å². The van der Waals surface area contributed by atoms with Gasteiger partial charge in [0.15, 0.2) is 0 Å². The molecule has 1 N–H and O–H groups in total. The van der Waals surface area contributed by atoms with Crippen LogP contribution in [-0.2, 0) is 11.8 Å². The Labute approximate surface area is 135 Å². The van der Waals surface area contributed by atoms with Gasteiger partial charge in [-0.05, 0) is 45.1 Å². The zero-order chi connectivity index (χ0) is 15.9. The van der Waals surface area contributed by atoms with E-state index >= 15 is 0 Å². The summed E-state index contributed by atoms with van der Waals surface area (Å²) in [7, 11) is 2.01. The lowest BCUT2D eigenvalue weighted by atomic mass is 9.93. The molecule has 1 fully saturated rings. The van der Waals surface area contributed by atoms with Gasteiger partial charge in [-0.2, -0.15) is 5.10 Å². The Hall–Kier alpha value is -0.950. The van der Waals surface area contributed by atoms with Crippen LogP contribution in [0.1, 0.15) is 45.2 Å². The molecule has 6 heteroatoms. The van der Waals surface area contributed by atoms with Gasteiger partial charge in [-0.3, -0.25) is 9.58 Å². The number of likely N-dealkylation sites (tertiary alicyclic amines) is 1. The van der Waals surface area contributed by atoms with Crippen LogP contribution in [0.2, 0.25) is 0 Å². The topological polar surface area (TPSA) is 50.5 Å². The summed E-state index contributed by atoms with van der Waals surface area (Å²) in [6.45, 7) is 7.57. The van der Waals surface area contributed by atoms with Gasteiger partial charge in [0.25, 0.3) is 0 Å². The number of nitrogens with zero attached hydrogens (tertiary/aromatic N) is 3. The van der Waals surface area contributed by atoms with Crippen LogP contribution in [-0.4, -0.2) is 44.9 Å². The number of fused-ring (bicyclic) bond motifs is 1. The molecule has 3 rings (SSSR count). The molecule has 22 heavy (non-hydrogen) atoms. The summed E-state index contributed by atoms with van der Waals surface area (Å²) in [5, 5.41) is 17.0. The van der Waals surface area contributed by atoms with Crippen molar-refractivity contribution in [3.63, 3.8) is 0 Å². The highest BCUT2D eigenvalue weighted by Crippen LogP contribution is 2.35. The van der Waals surface area contributed by atoms with Gasteiger partial charge in [0.05, 0.1) is 21.5 Å². The number of aromatic nitrogens is 2. The molecular weight excluding hydrogens is 298 g/mol. The van der Waals surface area contributed by atoms with Crippen LogP contribution in [0.25, 0.3) is 10.2 Å². The predicted octanol–water partition coefficient (Wildman–Crippen LogP) is 2.91. The number of aryl methyl sites for hydroxylation is 1. The third-order valence-electron chi connectivity index (χ3n) is 4.17. The molecule has 0 aliphatic carbocycles. The van der Waals surface area contributed by atoms with Gasteiger partial charge < -0.3 is 9.84 Å². The number of piperidine rings is 1. The summed E-state index contributed by atoms with van der Waals surface area (Å²) in [5.41, 5.74) is 2.11. The average molecular weight is 323 g/mol. The summed E-state index contributed by atoms with van der Waals surface area (Å²) in [5.74, 6) is 0.473. The molecule has 1 aliphatic heterocycles. The van der Waals surface area contributed by atoms with Crippen molar-refractivity contribution in [2.75, 3.05) is 13.1 Å². The minimum Gasteiger partial charge on any atom is -0.356 e. The fourth-order valence-corrected chi connectivity index (χ4v) is 4.04. The van der Waals surface area contributed by atoms with Crippen LogP contribution in [0, 0.1) is 0 Å². The van der Waals surface area contributed by atoms with Crippen molar-refractivity contribution in [2.45, 2.75) is 51.5 Å². The first kappa shape index (κ1) is 15.9. The van der Waals surface area contributed by atoms with Crippen molar-refractivity contribution < 1.29 is 9.84 Å². The Morgan fingerprint density at radius 2 is 2.05 bits per heavy atom. The van der Waals surface area contributed by atoms with Gasteiger partial charge in [0.2, 0.25) is 6.41 Å². The first-order chi connectivity index (χ1) is 10.3. The lowest BCUT2D eigenvalue weighted by Gasteiger charge is -2.36. The molecular formula is C16H25N3O2S. The molecule has 5 nitrogen and oxygen atoms in total. The predicted molar refractivity (Wildman–Crippen MR) is 89.0 cm³/mol. The van der Waals surface area contributed by atoms with Crippen molar-refractivity contribution in [1.29, 1.82) is 0 Å². The van der Waals surface area contributed by atoms with Gasteiger partial charge in [-0.25, -0.2) is 0 Å². The zero-order valence-corrected chi connectivity index (χ0v) is 14.6.